The molecule has 0 amide bonds. The number of rotatable bonds is 6. The molecule has 2 aromatic rings. The maximum atomic E-state index is 12.4. The van der Waals surface area contributed by atoms with Crippen molar-refractivity contribution in [3.8, 4) is 0 Å². The van der Waals surface area contributed by atoms with E-state index in [4.69, 9.17) is 4.74 Å². The summed E-state index contributed by atoms with van der Waals surface area (Å²) in [5.41, 5.74) is 6.47. The lowest BCUT2D eigenvalue weighted by atomic mass is 10.0. The van der Waals surface area contributed by atoms with Crippen molar-refractivity contribution in [2.75, 3.05) is 21.5 Å². The number of benzene rings is 2. The molecule has 0 aromatic heterocycles. The van der Waals surface area contributed by atoms with Crippen LogP contribution in [-0.4, -0.2) is 38.0 Å². The number of sulfonamides is 1. The van der Waals surface area contributed by atoms with Gasteiger partial charge < -0.3 is 15.0 Å². The van der Waals surface area contributed by atoms with Crippen molar-refractivity contribution >= 4 is 27.1 Å². The number of nitrogens with zero attached hydrogens (tertiary/aromatic N) is 1. The van der Waals surface area contributed by atoms with Gasteiger partial charge >= 0.3 is 0 Å². The molecule has 1 heterocycles. The number of aryl methyl sites for hydroxylation is 2. The van der Waals surface area contributed by atoms with Crippen molar-refractivity contribution in [2.45, 2.75) is 84.9 Å². The monoisotopic (exact) mass is 473 g/mol. The first-order chi connectivity index (χ1) is 15.3. The molecule has 1 aliphatic rings. The number of hydrogen-bond donors (Lipinski definition) is 2. The predicted octanol–water partition coefficient (Wildman–Crippen LogP) is 5.46. The van der Waals surface area contributed by atoms with E-state index in [0.717, 1.165) is 17.8 Å². The number of ether oxygens (including phenoxy) is 1. The third-order valence-corrected chi connectivity index (χ3v) is 8.54. The van der Waals surface area contributed by atoms with Gasteiger partial charge in [0.15, 0.2) is 0 Å². The quantitative estimate of drug-likeness (QED) is 0.583. The molecule has 33 heavy (non-hydrogen) atoms. The van der Waals surface area contributed by atoms with Crippen LogP contribution in [-0.2, 0) is 21.3 Å². The van der Waals surface area contributed by atoms with Crippen molar-refractivity contribution < 1.29 is 13.2 Å². The Labute approximate surface area is 199 Å². The molecule has 1 aliphatic heterocycles. The SMILES string of the molecule is Cc1cc(N2CC(C)OC(C)C2C)c(C)cc1NCc1ccc(NS(=O)(=O)C(C)(C)C)cc1. The van der Waals surface area contributed by atoms with E-state index < -0.39 is 14.8 Å². The van der Waals surface area contributed by atoms with Gasteiger partial charge in [0, 0.05) is 30.2 Å². The number of nitrogens with one attached hydrogen (secondary N) is 2. The zero-order valence-corrected chi connectivity index (χ0v) is 22.0. The molecule has 1 fully saturated rings. The van der Waals surface area contributed by atoms with E-state index in [2.05, 4.69) is 61.7 Å². The van der Waals surface area contributed by atoms with Gasteiger partial charge in [0.25, 0.3) is 0 Å². The summed E-state index contributed by atoms with van der Waals surface area (Å²) in [4.78, 5) is 2.46. The highest BCUT2D eigenvalue weighted by atomic mass is 32.2. The van der Waals surface area contributed by atoms with Gasteiger partial charge in [-0.1, -0.05) is 12.1 Å². The van der Waals surface area contributed by atoms with Gasteiger partial charge in [0.1, 0.15) is 0 Å². The predicted molar refractivity (Wildman–Crippen MR) is 139 cm³/mol. The lowest BCUT2D eigenvalue weighted by Gasteiger charge is -2.43. The highest BCUT2D eigenvalue weighted by Gasteiger charge is 2.31. The van der Waals surface area contributed by atoms with Gasteiger partial charge in [0.2, 0.25) is 10.0 Å². The normalized spacial score (nSPS) is 21.7. The second kappa shape index (κ2) is 9.55. The average molecular weight is 474 g/mol. The Hall–Kier alpha value is -2.25. The maximum absolute atomic E-state index is 12.4. The van der Waals surface area contributed by atoms with Crippen molar-refractivity contribution in [1.29, 1.82) is 0 Å². The summed E-state index contributed by atoms with van der Waals surface area (Å²) in [6, 6.07) is 12.3. The van der Waals surface area contributed by atoms with Crippen molar-refractivity contribution in [3.63, 3.8) is 0 Å². The largest absolute Gasteiger partial charge is 0.381 e. The lowest BCUT2D eigenvalue weighted by molar-refractivity contribution is -0.0258. The molecule has 0 saturated carbocycles. The molecule has 3 rings (SSSR count). The average Bonchev–Trinajstić information content (AvgIpc) is 2.71. The molecule has 6 nitrogen and oxygen atoms in total. The molecule has 2 aromatic carbocycles. The maximum Gasteiger partial charge on any atom is 0.237 e. The first-order valence-electron chi connectivity index (χ1n) is 11.7. The minimum Gasteiger partial charge on any atom is -0.381 e. The van der Waals surface area contributed by atoms with Crippen LogP contribution in [0.3, 0.4) is 0 Å². The third kappa shape index (κ3) is 5.82. The van der Waals surface area contributed by atoms with E-state index in [0.29, 0.717) is 18.3 Å². The van der Waals surface area contributed by atoms with Crippen molar-refractivity contribution in [2.24, 2.45) is 0 Å². The summed E-state index contributed by atoms with van der Waals surface area (Å²) in [6.45, 7) is 17.4. The summed E-state index contributed by atoms with van der Waals surface area (Å²) < 4.78 is 32.5. The molecule has 7 heteroatoms. The highest BCUT2D eigenvalue weighted by Crippen LogP contribution is 2.32. The molecule has 3 atom stereocenters. The van der Waals surface area contributed by atoms with Crippen LogP contribution < -0.4 is 14.9 Å². The van der Waals surface area contributed by atoms with Gasteiger partial charge in [-0.25, -0.2) is 8.42 Å². The van der Waals surface area contributed by atoms with Crippen LogP contribution in [0.5, 0.6) is 0 Å². The first kappa shape index (κ1) is 25.4. The fourth-order valence-corrected chi connectivity index (χ4v) is 4.79. The van der Waals surface area contributed by atoms with E-state index >= 15 is 0 Å². The minimum absolute atomic E-state index is 0.196. The van der Waals surface area contributed by atoms with Crippen molar-refractivity contribution in [3.05, 3.63) is 53.1 Å². The molecule has 2 N–H and O–H groups in total. The molecule has 0 aliphatic carbocycles. The number of hydrogen-bond acceptors (Lipinski definition) is 5. The third-order valence-electron chi connectivity index (χ3n) is 6.42. The second-order valence-corrected chi connectivity index (χ2v) is 12.7. The van der Waals surface area contributed by atoms with E-state index in [9.17, 15) is 8.42 Å². The molecule has 3 unspecified atom stereocenters. The van der Waals surface area contributed by atoms with Gasteiger partial charge in [0.05, 0.1) is 23.0 Å². The fourth-order valence-electron chi connectivity index (χ4n) is 4.03. The Morgan fingerprint density at radius 2 is 1.67 bits per heavy atom. The van der Waals surface area contributed by atoms with Crippen LogP contribution in [0, 0.1) is 13.8 Å². The Morgan fingerprint density at radius 3 is 2.27 bits per heavy atom. The lowest BCUT2D eigenvalue weighted by Crippen LogP contribution is -2.52. The van der Waals surface area contributed by atoms with Gasteiger partial charge in [-0.15, -0.1) is 0 Å². The molecule has 1 saturated heterocycles. The Bertz CT molecular complexity index is 1080. The smallest absolute Gasteiger partial charge is 0.237 e. The van der Waals surface area contributed by atoms with Gasteiger partial charge in [-0.3, -0.25) is 4.72 Å². The zero-order chi connectivity index (χ0) is 24.6. The topological polar surface area (TPSA) is 70.7 Å². The van der Waals surface area contributed by atoms with E-state index in [-0.39, 0.29) is 12.2 Å². The standard InChI is InChI=1S/C26H39N3O3S/c1-17-14-25(29-16-19(3)32-21(5)20(29)4)18(2)13-24(17)27-15-22-9-11-23(12-10-22)28-33(30,31)26(6,7)8/h9-14,19-21,27-28H,15-16H2,1-8H3. The first-order valence-corrected chi connectivity index (χ1v) is 13.2. The minimum atomic E-state index is -3.43. The van der Waals surface area contributed by atoms with E-state index in [1.807, 2.05) is 24.3 Å². The van der Waals surface area contributed by atoms with Crippen LogP contribution in [0.2, 0.25) is 0 Å². The number of anilines is 3. The summed E-state index contributed by atoms with van der Waals surface area (Å²) in [5.74, 6) is 0. The molecule has 0 bridgehead atoms. The van der Waals surface area contributed by atoms with E-state index in [1.54, 1.807) is 20.8 Å². The fraction of sp³-hybridized carbons (Fsp3) is 0.538. The Kier molecular flexibility index (Phi) is 7.34. The van der Waals surface area contributed by atoms with Gasteiger partial charge in [-0.2, -0.15) is 0 Å². The summed E-state index contributed by atoms with van der Waals surface area (Å²) in [7, 11) is -3.43. The highest BCUT2D eigenvalue weighted by molar-refractivity contribution is 7.94. The van der Waals surface area contributed by atoms with Crippen LogP contribution in [0.4, 0.5) is 17.1 Å². The summed E-state index contributed by atoms with van der Waals surface area (Å²) in [5, 5.41) is 3.54. The summed E-state index contributed by atoms with van der Waals surface area (Å²) in [6.07, 6.45) is 0.409. The van der Waals surface area contributed by atoms with E-state index in [1.165, 1.54) is 16.8 Å². The van der Waals surface area contributed by atoms with Crippen LogP contribution >= 0.6 is 0 Å². The zero-order valence-electron chi connectivity index (χ0n) is 21.2. The summed E-state index contributed by atoms with van der Waals surface area (Å²) >= 11 is 0. The molecule has 0 spiro atoms. The second-order valence-electron chi connectivity index (χ2n) is 10.3. The van der Waals surface area contributed by atoms with Crippen LogP contribution in [0.15, 0.2) is 36.4 Å². The molecule has 182 valence electrons. The Morgan fingerprint density at radius 1 is 1.03 bits per heavy atom. The molecular formula is C26H39N3O3S. The van der Waals surface area contributed by atoms with Gasteiger partial charge in [-0.05, 0) is 96.3 Å². The Balaban J connectivity index is 1.69. The molecular weight excluding hydrogens is 434 g/mol. The van der Waals surface area contributed by atoms with Crippen LogP contribution in [0.1, 0.15) is 58.2 Å². The number of morpholine rings is 1. The van der Waals surface area contributed by atoms with Crippen molar-refractivity contribution in [1.82, 2.24) is 0 Å². The van der Waals surface area contributed by atoms with Crippen LogP contribution in [0.25, 0.3) is 0 Å². The molecule has 0 radical (unpaired) electrons.